The number of aliphatic carboxylic acids is 1. The Morgan fingerprint density at radius 3 is 2.04 bits per heavy atom. The van der Waals surface area contributed by atoms with Crippen LogP contribution in [0.3, 0.4) is 0 Å². The van der Waals surface area contributed by atoms with E-state index in [4.69, 9.17) is 16.6 Å². The van der Waals surface area contributed by atoms with Crippen molar-refractivity contribution in [1.82, 2.24) is 16.0 Å². The second-order valence-corrected chi connectivity index (χ2v) is 5.36. The molecule has 0 fully saturated rings. The van der Waals surface area contributed by atoms with Crippen LogP contribution in [-0.4, -0.2) is 82.3 Å². The minimum absolute atomic E-state index is 0.487. The first kappa shape index (κ1) is 23.2. The zero-order valence-corrected chi connectivity index (χ0v) is 14.0. The highest BCUT2D eigenvalue weighted by atomic mass is 16.4. The van der Waals surface area contributed by atoms with Gasteiger partial charge in [-0.3, -0.25) is 24.0 Å². The summed E-state index contributed by atoms with van der Waals surface area (Å²) in [5, 5.41) is 33.4. The molecule has 4 atom stereocenters. The molecule has 0 rings (SSSR count). The fourth-order valence-corrected chi connectivity index (χ4v) is 1.71. The van der Waals surface area contributed by atoms with Gasteiger partial charge in [-0.1, -0.05) is 0 Å². The lowest BCUT2D eigenvalue weighted by Crippen LogP contribution is -2.59. The van der Waals surface area contributed by atoms with Crippen molar-refractivity contribution < 1.29 is 39.3 Å². The minimum atomic E-state index is -1.54. The summed E-state index contributed by atoms with van der Waals surface area (Å²) in [6, 6.07) is -4.41. The predicted molar refractivity (Wildman–Crippen MR) is 85.1 cm³/mol. The van der Waals surface area contributed by atoms with Crippen LogP contribution in [0.2, 0.25) is 0 Å². The normalized spacial score (nSPS) is 15.1. The minimum Gasteiger partial charge on any atom is -0.480 e. The van der Waals surface area contributed by atoms with Crippen LogP contribution in [-0.2, 0) is 24.0 Å². The van der Waals surface area contributed by atoms with Gasteiger partial charge in [0.25, 0.3) is 0 Å². The quantitative estimate of drug-likeness (QED) is 0.171. The molecule has 13 heteroatoms. The van der Waals surface area contributed by atoms with E-state index in [1.54, 1.807) is 0 Å². The monoisotopic (exact) mass is 377 g/mol. The number of rotatable bonds is 11. The van der Waals surface area contributed by atoms with Gasteiger partial charge in [-0.05, 0) is 6.92 Å². The first-order valence-electron chi connectivity index (χ1n) is 7.42. The van der Waals surface area contributed by atoms with Gasteiger partial charge < -0.3 is 42.7 Å². The summed E-state index contributed by atoms with van der Waals surface area (Å²) in [5.74, 6) is -5.14. The summed E-state index contributed by atoms with van der Waals surface area (Å²) < 4.78 is 0. The van der Waals surface area contributed by atoms with Gasteiger partial charge in [0.15, 0.2) is 0 Å². The number of primary amides is 1. The van der Waals surface area contributed by atoms with Crippen molar-refractivity contribution in [1.29, 1.82) is 0 Å². The number of carboxylic acids is 1. The number of aliphatic hydroxyl groups excluding tert-OH is 2. The molecule has 0 radical (unpaired) electrons. The summed E-state index contributed by atoms with van der Waals surface area (Å²) in [5.41, 5.74) is 10.3. The molecule has 0 heterocycles. The maximum absolute atomic E-state index is 12.1. The molecule has 148 valence electrons. The summed E-state index contributed by atoms with van der Waals surface area (Å²) in [4.78, 5) is 56.8. The van der Waals surface area contributed by atoms with Crippen molar-refractivity contribution in [3.05, 3.63) is 0 Å². The molecule has 0 aromatic carbocycles. The highest BCUT2D eigenvalue weighted by Crippen LogP contribution is 1.97. The van der Waals surface area contributed by atoms with Gasteiger partial charge in [-0.15, -0.1) is 0 Å². The number of nitrogens with one attached hydrogen (secondary N) is 3. The lowest BCUT2D eigenvalue weighted by molar-refractivity contribution is -0.139. The van der Waals surface area contributed by atoms with E-state index >= 15 is 0 Å². The number of aliphatic hydroxyl groups is 2. The summed E-state index contributed by atoms with van der Waals surface area (Å²) in [7, 11) is 0. The first-order chi connectivity index (χ1) is 12.0. The van der Waals surface area contributed by atoms with E-state index in [9.17, 15) is 34.2 Å². The standard InChI is InChI=1S/C13H23N5O8/c1-5(20)10(13(26)16-3-9(22)23)18-12(25)7(4-19)17-11(24)6(14)2-8(15)21/h5-7,10,19-20H,2-4,14H2,1H3,(H2,15,21)(H,16,26)(H,17,24)(H,18,25)(H,22,23). The topological polar surface area (TPSA) is 234 Å². The summed E-state index contributed by atoms with van der Waals surface area (Å²) in [6.45, 7) is -0.440. The van der Waals surface area contributed by atoms with E-state index in [1.807, 2.05) is 5.32 Å². The third kappa shape index (κ3) is 8.36. The number of carboxylic acid groups (broad SMARTS) is 1. The average molecular weight is 377 g/mol. The smallest absolute Gasteiger partial charge is 0.322 e. The highest BCUT2D eigenvalue weighted by Gasteiger charge is 2.30. The van der Waals surface area contributed by atoms with Crippen LogP contribution in [0.5, 0.6) is 0 Å². The van der Waals surface area contributed by atoms with E-state index in [-0.39, 0.29) is 0 Å². The third-order valence-corrected chi connectivity index (χ3v) is 3.05. The third-order valence-electron chi connectivity index (χ3n) is 3.05. The highest BCUT2D eigenvalue weighted by molar-refractivity contribution is 5.94. The van der Waals surface area contributed by atoms with Gasteiger partial charge in [0.1, 0.15) is 18.6 Å². The molecule has 10 N–H and O–H groups in total. The molecular formula is C13H23N5O8. The Bertz CT molecular complexity index is 553. The predicted octanol–water partition coefficient (Wildman–Crippen LogP) is -5.27. The zero-order valence-electron chi connectivity index (χ0n) is 14.0. The van der Waals surface area contributed by atoms with Crippen molar-refractivity contribution >= 4 is 29.6 Å². The van der Waals surface area contributed by atoms with Crippen molar-refractivity contribution in [2.75, 3.05) is 13.2 Å². The molecule has 0 aromatic rings. The molecular weight excluding hydrogens is 354 g/mol. The maximum atomic E-state index is 12.1. The van der Waals surface area contributed by atoms with E-state index in [1.165, 1.54) is 6.92 Å². The van der Waals surface area contributed by atoms with Crippen molar-refractivity contribution in [2.45, 2.75) is 37.6 Å². The molecule has 4 unspecified atom stereocenters. The van der Waals surface area contributed by atoms with E-state index in [2.05, 4.69) is 10.6 Å². The zero-order chi connectivity index (χ0) is 20.4. The van der Waals surface area contributed by atoms with Gasteiger partial charge in [0, 0.05) is 0 Å². The molecule has 4 amide bonds. The average Bonchev–Trinajstić information content (AvgIpc) is 2.53. The van der Waals surface area contributed by atoms with Gasteiger partial charge in [-0.2, -0.15) is 0 Å². The lowest BCUT2D eigenvalue weighted by Gasteiger charge is -2.24. The van der Waals surface area contributed by atoms with Crippen LogP contribution in [0.15, 0.2) is 0 Å². The number of carbonyl (C=O) groups excluding carboxylic acids is 4. The van der Waals surface area contributed by atoms with Crippen LogP contribution < -0.4 is 27.4 Å². The number of hydrogen-bond acceptors (Lipinski definition) is 8. The fourth-order valence-electron chi connectivity index (χ4n) is 1.71. The molecule has 13 nitrogen and oxygen atoms in total. The second kappa shape index (κ2) is 11.0. The van der Waals surface area contributed by atoms with E-state index in [0.717, 1.165) is 0 Å². The van der Waals surface area contributed by atoms with Crippen LogP contribution in [0.1, 0.15) is 13.3 Å². The van der Waals surface area contributed by atoms with Crippen LogP contribution in [0, 0.1) is 0 Å². The van der Waals surface area contributed by atoms with Gasteiger partial charge >= 0.3 is 5.97 Å². The van der Waals surface area contributed by atoms with Gasteiger partial charge in [0.2, 0.25) is 23.6 Å². The maximum Gasteiger partial charge on any atom is 0.322 e. The lowest BCUT2D eigenvalue weighted by atomic mass is 10.1. The SMILES string of the molecule is CC(O)C(NC(=O)C(CO)NC(=O)C(N)CC(N)=O)C(=O)NCC(=O)O. The van der Waals surface area contributed by atoms with Gasteiger partial charge in [0.05, 0.1) is 25.2 Å². The Morgan fingerprint density at radius 2 is 1.62 bits per heavy atom. The van der Waals surface area contributed by atoms with Gasteiger partial charge in [-0.25, -0.2) is 0 Å². The molecule has 0 spiro atoms. The largest absolute Gasteiger partial charge is 0.480 e. The molecule has 0 bridgehead atoms. The molecule has 0 aliphatic rings. The van der Waals surface area contributed by atoms with E-state index < -0.39 is 73.4 Å². The Morgan fingerprint density at radius 1 is 1.04 bits per heavy atom. The summed E-state index contributed by atoms with van der Waals surface area (Å²) >= 11 is 0. The number of carbonyl (C=O) groups is 5. The molecule has 0 saturated carbocycles. The molecule has 26 heavy (non-hydrogen) atoms. The van der Waals surface area contributed by atoms with Crippen LogP contribution >= 0.6 is 0 Å². The molecule has 0 saturated heterocycles. The Balaban J connectivity index is 4.92. The van der Waals surface area contributed by atoms with Crippen molar-refractivity contribution in [3.8, 4) is 0 Å². The number of nitrogens with two attached hydrogens (primary N) is 2. The Kier molecular flexibility index (Phi) is 9.80. The van der Waals surface area contributed by atoms with Crippen LogP contribution in [0.4, 0.5) is 0 Å². The summed E-state index contributed by atoms with van der Waals surface area (Å²) in [6.07, 6.45) is -1.89. The second-order valence-electron chi connectivity index (χ2n) is 5.36. The molecule has 0 aliphatic heterocycles. The van der Waals surface area contributed by atoms with E-state index in [0.29, 0.717) is 0 Å². The first-order valence-corrected chi connectivity index (χ1v) is 7.42. The van der Waals surface area contributed by atoms with Crippen molar-refractivity contribution in [3.63, 3.8) is 0 Å². The molecule has 0 aromatic heterocycles. The molecule has 0 aliphatic carbocycles. The Labute approximate surface area is 148 Å². The van der Waals surface area contributed by atoms with Crippen molar-refractivity contribution in [2.24, 2.45) is 11.5 Å². The number of amides is 4. The van der Waals surface area contributed by atoms with Crippen LogP contribution in [0.25, 0.3) is 0 Å². The Hall–Kier alpha value is -2.77. The fraction of sp³-hybridized carbons (Fsp3) is 0.615. The number of hydrogen-bond donors (Lipinski definition) is 8.